The summed E-state index contributed by atoms with van der Waals surface area (Å²) in [6.45, 7) is 15.2. The van der Waals surface area contributed by atoms with E-state index in [4.69, 9.17) is 4.74 Å². The number of carbonyl (C=O) groups is 2. The van der Waals surface area contributed by atoms with Gasteiger partial charge >= 0.3 is 0 Å². The third-order valence-corrected chi connectivity index (χ3v) is 11.7. The van der Waals surface area contributed by atoms with Crippen molar-refractivity contribution in [1.82, 2.24) is 5.32 Å². The molecule has 5 rings (SSSR count). The Hall–Kier alpha value is -2.34. The van der Waals surface area contributed by atoms with Crippen LogP contribution in [0.5, 0.6) is 5.75 Å². The van der Waals surface area contributed by atoms with E-state index in [1.54, 1.807) is 12.0 Å². The third-order valence-electron chi connectivity index (χ3n) is 11.7. The number of allylic oxidation sites excluding steroid dienone is 1. The summed E-state index contributed by atoms with van der Waals surface area (Å²) in [7, 11) is 1.63. The van der Waals surface area contributed by atoms with E-state index in [0.29, 0.717) is 17.8 Å². The quantitative estimate of drug-likeness (QED) is 0.399. The molecule has 0 spiro atoms. The van der Waals surface area contributed by atoms with E-state index in [1.165, 1.54) is 5.57 Å². The van der Waals surface area contributed by atoms with Crippen LogP contribution in [0.15, 0.2) is 35.9 Å². The van der Waals surface area contributed by atoms with E-state index >= 15 is 0 Å². The van der Waals surface area contributed by atoms with Crippen LogP contribution in [0.2, 0.25) is 0 Å². The van der Waals surface area contributed by atoms with Crippen LogP contribution < -0.4 is 15.0 Å². The summed E-state index contributed by atoms with van der Waals surface area (Å²) >= 11 is 0. The molecule has 3 saturated carbocycles. The van der Waals surface area contributed by atoms with Gasteiger partial charge in [0, 0.05) is 22.6 Å². The number of aliphatic hydroxyl groups is 1. The molecule has 0 radical (unpaired) electrons. The molecule has 0 bridgehead atoms. The van der Waals surface area contributed by atoms with Crippen LogP contribution in [-0.4, -0.2) is 42.2 Å². The Morgan fingerprint density at radius 3 is 2.32 bits per heavy atom. The molecule has 1 aromatic carbocycles. The normalized spacial score (nSPS) is 35.8. The van der Waals surface area contributed by atoms with Crippen molar-refractivity contribution in [1.29, 1.82) is 0 Å². The molecule has 2 N–H and O–H groups in total. The highest BCUT2D eigenvalue weighted by Gasteiger charge is 2.62. The summed E-state index contributed by atoms with van der Waals surface area (Å²) in [5.74, 6) is 2.18. The zero-order valence-corrected chi connectivity index (χ0v) is 26.5. The summed E-state index contributed by atoms with van der Waals surface area (Å²) in [5.41, 5.74) is 1.68. The number of methoxy groups -OCH3 is 1. The van der Waals surface area contributed by atoms with Crippen LogP contribution >= 0.6 is 0 Å². The van der Waals surface area contributed by atoms with Gasteiger partial charge in [0.25, 0.3) is 0 Å². The number of nitrogens with one attached hydrogen (secondary N) is 1. The molecule has 1 aromatic rings. The van der Waals surface area contributed by atoms with Gasteiger partial charge in [-0.15, -0.1) is 0 Å². The van der Waals surface area contributed by atoms with Crippen molar-refractivity contribution in [3.8, 4) is 5.75 Å². The average molecular weight is 565 g/mol. The Labute approximate surface area is 247 Å². The van der Waals surface area contributed by atoms with Crippen molar-refractivity contribution in [3.05, 3.63) is 35.9 Å². The number of carbonyl (C=O) groups excluding carboxylic acids is 2. The van der Waals surface area contributed by atoms with Crippen LogP contribution in [0.3, 0.4) is 0 Å². The summed E-state index contributed by atoms with van der Waals surface area (Å²) in [4.78, 5) is 29.4. The Morgan fingerprint density at radius 1 is 1.00 bits per heavy atom. The molecule has 2 amide bonds. The van der Waals surface area contributed by atoms with E-state index in [9.17, 15) is 14.7 Å². The summed E-state index contributed by atoms with van der Waals surface area (Å²) in [6.07, 6.45) is 9.23. The maximum Gasteiger partial charge on any atom is 0.240 e. The van der Waals surface area contributed by atoms with Gasteiger partial charge in [0.2, 0.25) is 11.8 Å². The van der Waals surface area contributed by atoms with Gasteiger partial charge in [0.15, 0.2) is 0 Å². The lowest BCUT2D eigenvalue weighted by atomic mass is 9.44. The Balaban J connectivity index is 1.42. The standard InChI is InChI=1S/C35H52N2O4/c1-32(2,3)36-30(39)21-37(22-9-11-23(41-8)12-10-22)31(40)27-15-14-25-24-13-16-28-33(4,5)29(38)18-20-35(28,7)26(24)17-19-34(25,27)6/h9-12,16,24-27,29,38H,13-15,17-21H2,1-8H3,(H,36,39)/t24-,25-,26-,27+,29-,34-,35+/m0/s1. The second-order valence-electron chi connectivity index (χ2n) is 15.5. The molecule has 226 valence electrons. The van der Waals surface area contributed by atoms with Crippen LogP contribution in [0.1, 0.15) is 93.4 Å². The van der Waals surface area contributed by atoms with E-state index in [1.807, 2.05) is 45.0 Å². The lowest BCUT2D eigenvalue weighted by Crippen LogP contribution is -2.55. The molecular formula is C35H52N2O4. The van der Waals surface area contributed by atoms with E-state index in [0.717, 1.165) is 56.4 Å². The highest BCUT2D eigenvalue weighted by Crippen LogP contribution is 2.68. The minimum absolute atomic E-state index is 0.00725. The zero-order valence-electron chi connectivity index (χ0n) is 26.5. The fourth-order valence-electron chi connectivity index (χ4n) is 9.64. The number of hydrogen-bond acceptors (Lipinski definition) is 4. The lowest BCUT2D eigenvalue weighted by Gasteiger charge is -2.61. The van der Waals surface area contributed by atoms with Crippen molar-refractivity contribution >= 4 is 17.5 Å². The molecule has 0 aliphatic heterocycles. The second kappa shape index (κ2) is 10.4. The summed E-state index contributed by atoms with van der Waals surface area (Å²) < 4.78 is 5.36. The monoisotopic (exact) mass is 564 g/mol. The molecule has 0 heterocycles. The topological polar surface area (TPSA) is 78.9 Å². The van der Waals surface area contributed by atoms with Gasteiger partial charge in [0.1, 0.15) is 12.3 Å². The molecule has 4 aliphatic rings. The number of rotatable bonds is 5. The zero-order chi connectivity index (χ0) is 30.0. The van der Waals surface area contributed by atoms with Crippen molar-refractivity contribution < 1.29 is 19.4 Å². The third kappa shape index (κ3) is 5.13. The van der Waals surface area contributed by atoms with Gasteiger partial charge < -0.3 is 20.1 Å². The van der Waals surface area contributed by atoms with Crippen LogP contribution in [0.4, 0.5) is 5.69 Å². The minimum Gasteiger partial charge on any atom is -0.497 e. The number of hydrogen-bond donors (Lipinski definition) is 2. The number of aliphatic hydroxyl groups excluding tert-OH is 1. The molecule has 0 unspecified atom stereocenters. The van der Waals surface area contributed by atoms with E-state index < -0.39 is 0 Å². The molecule has 6 heteroatoms. The first-order valence-corrected chi connectivity index (χ1v) is 15.8. The predicted molar refractivity (Wildman–Crippen MR) is 164 cm³/mol. The van der Waals surface area contributed by atoms with Gasteiger partial charge in [0.05, 0.1) is 13.2 Å². The first-order valence-electron chi connectivity index (χ1n) is 15.8. The van der Waals surface area contributed by atoms with Crippen LogP contribution in [-0.2, 0) is 9.59 Å². The van der Waals surface area contributed by atoms with Crippen molar-refractivity contribution in [2.45, 2.75) is 105 Å². The average Bonchev–Trinajstić information content (AvgIpc) is 3.26. The smallest absolute Gasteiger partial charge is 0.240 e. The van der Waals surface area contributed by atoms with Crippen molar-refractivity contribution in [3.63, 3.8) is 0 Å². The maximum atomic E-state index is 14.5. The molecule has 41 heavy (non-hydrogen) atoms. The molecule has 6 nitrogen and oxygen atoms in total. The fourth-order valence-corrected chi connectivity index (χ4v) is 9.64. The number of ether oxygens (including phenoxy) is 1. The Kier molecular flexibility index (Phi) is 7.66. The Bertz CT molecular complexity index is 1200. The molecule has 7 atom stereocenters. The lowest BCUT2D eigenvalue weighted by molar-refractivity contribution is -0.132. The Morgan fingerprint density at radius 2 is 1.68 bits per heavy atom. The number of fused-ring (bicyclic) bond motifs is 5. The molecule has 3 fully saturated rings. The molecular weight excluding hydrogens is 512 g/mol. The number of amides is 2. The molecule has 4 aliphatic carbocycles. The number of nitrogens with zero attached hydrogens (tertiary/aromatic N) is 1. The first kappa shape index (κ1) is 30.1. The minimum atomic E-state index is -0.373. The largest absolute Gasteiger partial charge is 0.497 e. The van der Waals surface area contributed by atoms with Gasteiger partial charge in [-0.2, -0.15) is 0 Å². The highest BCUT2D eigenvalue weighted by molar-refractivity contribution is 6.00. The number of benzene rings is 1. The second-order valence-corrected chi connectivity index (χ2v) is 15.5. The van der Waals surface area contributed by atoms with Gasteiger partial charge in [-0.25, -0.2) is 0 Å². The van der Waals surface area contributed by atoms with Crippen LogP contribution in [0.25, 0.3) is 0 Å². The van der Waals surface area contributed by atoms with Gasteiger partial charge in [-0.05, 0) is 119 Å². The summed E-state index contributed by atoms with van der Waals surface area (Å²) in [6, 6.07) is 7.49. The van der Waals surface area contributed by atoms with Crippen molar-refractivity contribution in [2.75, 3.05) is 18.6 Å². The molecule has 0 saturated heterocycles. The fraction of sp³-hybridized carbons (Fsp3) is 0.714. The van der Waals surface area contributed by atoms with E-state index in [-0.39, 0.29) is 52.2 Å². The molecule has 0 aromatic heterocycles. The van der Waals surface area contributed by atoms with Crippen LogP contribution in [0, 0.1) is 39.9 Å². The number of anilines is 1. The predicted octanol–water partition coefficient (Wildman–Crippen LogP) is 6.52. The van der Waals surface area contributed by atoms with Gasteiger partial charge in [-0.1, -0.05) is 39.3 Å². The first-order chi connectivity index (χ1) is 19.1. The van der Waals surface area contributed by atoms with E-state index in [2.05, 4.69) is 39.1 Å². The maximum absolute atomic E-state index is 14.5. The van der Waals surface area contributed by atoms with Crippen molar-refractivity contribution in [2.24, 2.45) is 39.9 Å². The SMILES string of the molecule is COc1ccc(N(CC(=O)NC(C)(C)C)C(=O)[C@H]2CC[C@H]3[C@@H]4CC=C5C(C)(C)[C@@H](O)CC[C@]5(C)[C@H]4CC[C@]23C)cc1. The van der Waals surface area contributed by atoms with Gasteiger partial charge in [-0.3, -0.25) is 9.59 Å². The highest BCUT2D eigenvalue weighted by atomic mass is 16.5. The summed E-state index contributed by atoms with van der Waals surface area (Å²) in [5, 5.41) is 13.9.